The molecule has 2 aromatic rings. The van der Waals surface area contributed by atoms with Gasteiger partial charge in [0.1, 0.15) is 0 Å². The fourth-order valence-corrected chi connectivity index (χ4v) is 4.49. The van der Waals surface area contributed by atoms with Crippen molar-refractivity contribution in [3.8, 4) is 0 Å². The van der Waals surface area contributed by atoms with Crippen LogP contribution in [0.15, 0.2) is 90.6 Å². The van der Waals surface area contributed by atoms with Crippen molar-refractivity contribution in [2.45, 2.75) is 155 Å². The first kappa shape index (κ1) is 49.3. The first-order chi connectivity index (χ1) is 22.7. The highest BCUT2D eigenvalue weighted by molar-refractivity contribution is 5.66. The highest BCUT2D eigenvalue weighted by Crippen LogP contribution is 2.25. The summed E-state index contributed by atoms with van der Waals surface area (Å²) >= 11 is 0. The molecule has 0 fully saturated rings. The Morgan fingerprint density at radius 2 is 1.19 bits per heavy atom. The van der Waals surface area contributed by atoms with E-state index in [4.69, 9.17) is 0 Å². The molecule has 0 saturated heterocycles. The molecular weight excluding hydrogens is 579 g/mol. The average Bonchev–Trinajstić information content (AvgIpc) is 3.50. The normalized spacial score (nSPS) is 10.7. The molecule has 48 heavy (non-hydrogen) atoms. The minimum atomic E-state index is 1.11. The van der Waals surface area contributed by atoms with Crippen molar-refractivity contribution in [1.82, 2.24) is 0 Å². The molecule has 0 radical (unpaired) electrons. The molecule has 2 aromatic carbocycles. The van der Waals surface area contributed by atoms with Gasteiger partial charge in [0.25, 0.3) is 0 Å². The van der Waals surface area contributed by atoms with Crippen molar-refractivity contribution in [3.05, 3.63) is 118 Å². The number of anilines is 1. The van der Waals surface area contributed by atoms with Gasteiger partial charge in [-0.2, -0.15) is 0 Å². The zero-order valence-electron chi connectivity index (χ0n) is 34.8. The molecule has 0 saturated carbocycles. The second kappa shape index (κ2) is 31.2. The number of unbranched alkanes of at least 4 members (excludes halogenated alkanes) is 2. The lowest BCUT2D eigenvalue weighted by Gasteiger charge is -2.26. The Bertz CT molecular complexity index is 1210. The Morgan fingerprint density at radius 1 is 0.625 bits per heavy atom. The number of aryl methyl sites for hydroxylation is 4. The van der Waals surface area contributed by atoms with Gasteiger partial charge in [0.05, 0.1) is 0 Å². The van der Waals surface area contributed by atoms with Crippen LogP contribution in [0.1, 0.15) is 155 Å². The van der Waals surface area contributed by atoms with E-state index >= 15 is 0 Å². The average molecular weight is 658 g/mol. The highest BCUT2D eigenvalue weighted by atomic mass is 15.1. The molecule has 0 N–H and O–H groups in total. The summed E-state index contributed by atoms with van der Waals surface area (Å²) in [5, 5.41) is 0. The van der Waals surface area contributed by atoms with Crippen LogP contribution in [0.4, 0.5) is 5.69 Å². The second-order valence-electron chi connectivity index (χ2n) is 13.1. The quantitative estimate of drug-likeness (QED) is 0.217. The third-order valence-electron chi connectivity index (χ3n) is 7.72. The highest BCUT2D eigenvalue weighted by Gasteiger charge is 2.08. The van der Waals surface area contributed by atoms with Crippen LogP contribution in [0, 0.1) is 27.7 Å². The van der Waals surface area contributed by atoms with Crippen LogP contribution in [0.25, 0.3) is 5.57 Å². The zero-order valence-corrected chi connectivity index (χ0v) is 34.8. The molecule has 0 spiro atoms. The molecule has 0 heterocycles. The van der Waals surface area contributed by atoms with Crippen LogP contribution in [0.5, 0.6) is 0 Å². The van der Waals surface area contributed by atoms with Crippen LogP contribution in [-0.2, 0) is 0 Å². The van der Waals surface area contributed by atoms with E-state index in [0.29, 0.717) is 0 Å². The summed E-state index contributed by atoms with van der Waals surface area (Å²) in [7, 11) is 0. The fourth-order valence-electron chi connectivity index (χ4n) is 4.49. The van der Waals surface area contributed by atoms with Crippen LogP contribution in [0.3, 0.4) is 0 Å². The van der Waals surface area contributed by atoms with Crippen molar-refractivity contribution < 1.29 is 0 Å². The van der Waals surface area contributed by atoms with Gasteiger partial charge in [-0.3, -0.25) is 0 Å². The van der Waals surface area contributed by atoms with Gasteiger partial charge in [-0.25, -0.2) is 0 Å². The van der Waals surface area contributed by atoms with Gasteiger partial charge in [-0.05, 0) is 127 Å². The Balaban J connectivity index is -0.000000561. The number of nitrogens with zero attached hydrogens (tertiary/aromatic N) is 1. The molecule has 0 amide bonds. The monoisotopic (exact) mass is 658 g/mol. The summed E-state index contributed by atoms with van der Waals surface area (Å²) in [6, 6.07) is 13.2. The molecular formula is C47H79N. The number of allylic oxidation sites excluding steroid dienone is 7. The molecule has 0 aliphatic heterocycles. The maximum atomic E-state index is 4.00. The van der Waals surface area contributed by atoms with E-state index in [0.717, 1.165) is 25.1 Å². The summed E-state index contributed by atoms with van der Waals surface area (Å²) in [4.78, 5) is 2.48. The molecule has 0 atom stereocenters. The van der Waals surface area contributed by atoms with Crippen LogP contribution in [0.2, 0.25) is 0 Å². The van der Waals surface area contributed by atoms with E-state index < -0.39 is 0 Å². The summed E-state index contributed by atoms with van der Waals surface area (Å²) < 4.78 is 0. The largest absolute Gasteiger partial charge is 0.371 e. The number of rotatable bonds is 11. The Hall–Kier alpha value is -3.06. The molecule has 0 bridgehead atoms. The minimum Gasteiger partial charge on any atom is -0.371 e. The van der Waals surface area contributed by atoms with Gasteiger partial charge >= 0.3 is 0 Å². The van der Waals surface area contributed by atoms with Crippen molar-refractivity contribution >= 4 is 11.3 Å². The SMILES string of the molecule is C=C(C)C1=CC=C(C)C1.C=C(C)CCCC.C=C(C)c1ccc(N(CCC)CCC)c(C)c1.CC.CCCC.Cc1ccc(C)c(C)c1. The number of hydrogen-bond donors (Lipinski definition) is 0. The van der Waals surface area contributed by atoms with Crippen LogP contribution >= 0.6 is 0 Å². The lowest BCUT2D eigenvalue weighted by molar-refractivity contribution is 0.743. The molecule has 272 valence electrons. The molecule has 1 aliphatic carbocycles. The Labute approximate surface area is 302 Å². The topological polar surface area (TPSA) is 3.24 Å². The van der Waals surface area contributed by atoms with Crippen LogP contribution in [-0.4, -0.2) is 13.1 Å². The molecule has 0 unspecified atom stereocenters. The van der Waals surface area contributed by atoms with E-state index in [1.54, 1.807) is 0 Å². The van der Waals surface area contributed by atoms with E-state index in [2.05, 4.69) is 163 Å². The zero-order chi connectivity index (χ0) is 37.7. The van der Waals surface area contributed by atoms with Gasteiger partial charge in [-0.15, -0.1) is 6.58 Å². The maximum absolute atomic E-state index is 4.00. The lowest BCUT2D eigenvalue weighted by atomic mass is 10.0. The number of hydrogen-bond acceptors (Lipinski definition) is 1. The first-order valence-corrected chi connectivity index (χ1v) is 18.9. The maximum Gasteiger partial charge on any atom is 0.0396 e. The summed E-state index contributed by atoms with van der Waals surface area (Å²) in [5.74, 6) is 0. The molecule has 1 aliphatic rings. The van der Waals surface area contributed by atoms with E-state index in [-0.39, 0.29) is 0 Å². The second-order valence-corrected chi connectivity index (χ2v) is 13.1. The van der Waals surface area contributed by atoms with Gasteiger partial charge < -0.3 is 4.90 Å². The fraction of sp³-hybridized carbons (Fsp3) is 0.532. The first-order valence-electron chi connectivity index (χ1n) is 18.9. The molecule has 3 rings (SSSR count). The van der Waals surface area contributed by atoms with E-state index in [9.17, 15) is 0 Å². The Morgan fingerprint density at radius 3 is 1.48 bits per heavy atom. The summed E-state index contributed by atoms with van der Waals surface area (Å²) in [6.07, 6.45) is 14.2. The predicted octanol–water partition coefficient (Wildman–Crippen LogP) is 15.7. The van der Waals surface area contributed by atoms with Gasteiger partial charge in [0.15, 0.2) is 0 Å². The van der Waals surface area contributed by atoms with E-state index in [1.807, 2.05) is 13.8 Å². The number of benzene rings is 2. The minimum absolute atomic E-state index is 1.11. The summed E-state index contributed by atoms with van der Waals surface area (Å²) in [5.41, 5.74) is 14.5. The van der Waals surface area contributed by atoms with Crippen molar-refractivity contribution in [3.63, 3.8) is 0 Å². The van der Waals surface area contributed by atoms with Gasteiger partial charge in [0, 0.05) is 18.8 Å². The Kier molecular flexibility index (Phi) is 32.1. The predicted molar refractivity (Wildman–Crippen MR) is 227 cm³/mol. The van der Waals surface area contributed by atoms with Gasteiger partial charge in [0.2, 0.25) is 0 Å². The van der Waals surface area contributed by atoms with Gasteiger partial charge in [-0.1, -0.05) is 145 Å². The molecule has 0 aromatic heterocycles. The summed E-state index contributed by atoms with van der Waals surface area (Å²) in [6.45, 7) is 45.9. The lowest BCUT2D eigenvalue weighted by Crippen LogP contribution is -2.25. The van der Waals surface area contributed by atoms with E-state index in [1.165, 1.54) is 101 Å². The third-order valence-corrected chi connectivity index (χ3v) is 7.72. The van der Waals surface area contributed by atoms with Crippen molar-refractivity contribution in [1.29, 1.82) is 0 Å². The molecule has 1 heteroatoms. The molecule has 1 nitrogen and oxygen atoms in total. The van der Waals surface area contributed by atoms with Crippen molar-refractivity contribution in [2.24, 2.45) is 0 Å². The van der Waals surface area contributed by atoms with Crippen LogP contribution < -0.4 is 4.90 Å². The third kappa shape index (κ3) is 25.0. The van der Waals surface area contributed by atoms with Crippen molar-refractivity contribution in [2.75, 3.05) is 18.0 Å². The smallest absolute Gasteiger partial charge is 0.0396 e. The standard InChI is InChI=1S/C16H25N.2C9H12.C7H14.C4H10.C2H6/c1-6-10-17(11-7-2)16-9-8-15(13(3)4)12-14(16)5;1-7-4-5-8(2)9(3)6-7;1-7(2)9-5-4-8(3)6-9;1-4-5-6-7(2)3;1-3-4-2;1-2/h8-9,12H,3,6-7,10-11H2,1-2,4-5H3;4-6H,1-3H3;4-5H,1,6H2,2-3H3;2,4-6H2,1,3H3;3-4H2,1-2H3;1-2H3.